The van der Waals surface area contributed by atoms with Gasteiger partial charge in [-0.3, -0.25) is 0 Å². The van der Waals surface area contributed by atoms with Gasteiger partial charge in [-0.1, -0.05) is 0 Å². The zero-order valence-electron chi connectivity index (χ0n) is 7.94. The van der Waals surface area contributed by atoms with Crippen LogP contribution in [-0.2, 0) is 0 Å². The van der Waals surface area contributed by atoms with Gasteiger partial charge in [0.2, 0.25) is 5.95 Å². The Morgan fingerprint density at radius 3 is 2.64 bits per heavy atom. The molecule has 1 heterocycles. The lowest BCUT2D eigenvalue weighted by atomic mass is 10.4. The summed E-state index contributed by atoms with van der Waals surface area (Å²) in [5, 5.41) is 8.48. The van der Waals surface area contributed by atoms with Crippen molar-refractivity contribution >= 4 is 21.9 Å². The third-order valence-corrected chi connectivity index (χ3v) is 2.17. The van der Waals surface area contributed by atoms with Crippen LogP contribution in [0.4, 0.5) is 5.95 Å². The van der Waals surface area contributed by atoms with E-state index in [1.165, 1.54) is 0 Å². The number of aromatic nitrogens is 2. The van der Waals surface area contributed by atoms with Crippen molar-refractivity contribution in [1.82, 2.24) is 9.97 Å². The molecule has 0 saturated heterocycles. The molecule has 74 valence electrons. The van der Waals surface area contributed by atoms with E-state index in [1.54, 1.807) is 12.4 Å². The molecule has 0 saturated carbocycles. The first kappa shape index (κ1) is 10.9. The quantitative estimate of drug-likeness (QED) is 0.825. The van der Waals surface area contributed by atoms with Crippen LogP contribution in [0.25, 0.3) is 0 Å². The minimum atomic E-state index is 0.493. The van der Waals surface area contributed by atoms with Crippen LogP contribution >= 0.6 is 15.9 Å². The number of halogens is 1. The molecule has 14 heavy (non-hydrogen) atoms. The standard InChI is InChI=1S/C9H11BrN4/c1-2-14(5-3-4-11)9-12-6-8(10)7-13-9/h6-7H,2-3,5H2,1H3. The maximum absolute atomic E-state index is 8.48. The van der Waals surface area contributed by atoms with Gasteiger partial charge in [-0.2, -0.15) is 5.26 Å². The zero-order valence-corrected chi connectivity index (χ0v) is 9.53. The van der Waals surface area contributed by atoms with E-state index < -0.39 is 0 Å². The lowest BCUT2D eigenvalue weighted by Gasteiger charge is -2.18. The molecule has 1 rings (SSSR count). The number of anilines is 1. The monoisotopic (exact) mass is 254 g/mol. The molecule has 0 radical (unpaired) electrons. The minimum Gasteiger partial charge on any atom is -0.340 e. The Morgan fingerprint density at radius 2 is 2.14 bits per heavy atom. The predicted molar refractivity (Wildman–Crippen MR) is 57.8 cm³/mol. The smallest absolute Gasteiger partial charge is 0.225 e. The van der Waals surface area contributed by atoms with E-state index in [4.69, 9.17) is 5.26 Å². The van der Waals surface area contributed by atoms with Crippen molar-refractivity contribution in [3.63, 3.8) is 0 Å². The molecule has 0 aliphatic carbocycles. The average molecular weight is 255 g/mol. The van der Waals surface area contributed by atoms with Crippen molar-refractivity contribution < 1.29 is 0 Å². The van der Waals surface area contributed by atoms with Crippen LogP contribution in [0, 0.1) is 11.3 Å². The second-order valence-electron chi connectivity index (χ2n) is 2.69. The van der Waals surface area contributed by atoms with Crippen molar-refractivity contribution in [2.45, 2.75) is 13.3 Å². The molecule has 0 aromatic carbocycles. The molecule has 1 aromatic rings. The Balaban J connectivity index is 2.69. The highest BCUT2D eigenvalue weighted by molar-refractivity contribution is 9.10. The zero-order chi connectivity index (χ0) is 10.4. The fourth-order valence-corrected chi connectivity index (χ4v) is 1.26. The van der Waals surface area contributed by atoms with Gasteiger partial charge in [-0.25, -0.2) is 9.97 Å². The molecule has 4 nitrogen and oxygen atoms in total. The van der Waals surface area contributed by atoms with Crippen molar-refractivity contribution in [2.75, 3.05) is 18.0 Å². The van der Waals surface area contributed by atoms with Gasteiger partial charge in [0, 0.05) is 25.5 Å². The molecule has 1 aromatic heterocycles. The van der Waals surface area contributed by atoms with Crippen molar-refractivity contribution in [1.29, 1.82) is 5.26 Å². The van der Waals surface area contributed by atoms with Crippen LogP contribution in [0.15, 0.2) is 16.9 Å². The summed E-state index contributed by atoms with van der Waals surface area (Å²) in [7, 11) is 0. The number of rotatable bonds is 4. The van der Waals surface area contributed by atoms with E-state index in [0.29, 0.717) is 18.9 Å². The Bertz CT molecular complexity index is 317. The number of hydrogen-bond donors (Lipinski definition) is 0. The number of nitrogens with zero attached hydrogens (tertiary/aromatic N) is 4. The fourth-order valence-electron chi connectivity index (χ4n) is 1.05. The molecule has 0 atom stereocenters. The molecule has 0 spiro atoms. The predicted octanol–water partition coefficient (Wildman–Crippen LogP) is 1.98. The minimum absolute atomic E-state index is 0.493. The molecule has 0 fully saturated rings. The highest BCUT2D eigenvalue weighted by Gasteiger charge is 2.05. The molecule has 0 aliphatic rings. The van der Waals surface area contributed by atoms with E-state index in [9.17, 15) is 0 Å². The number of hydrogen-bond acceptors (Lipinski definition) is 4. The maximum Gasteiger partial charge on any atom is 0.225 e. The summed E-state index contributed by atoms with van der Waals surface area (Å²) in [5.74, 6) is 0.672. The van der Waals surface area contributed by atoms with Crippen LogP contribution in [0.5, 0.6) is 0 Å². The van der Waals surface area contributed by atoms with E-state index in [2.05, 4.69) is 32.0 Å². The maximum atomic E-state index is 8.48. The van der Waals surface area contributed by atoms with Crippen LogP contribution < -0.4 is 4.90 Å². The SMILES string of the molecule is CCN(CCC#N)c1ncc(Br)cn1. The van der Waals surface area contributed by atoms with Crippen molar-refractivity contribution in [2.24, 2.45) is 0 Å². The molecule has 0 aliphatic heterocycles. The normalized spacial score (nSPS) is 9.50. The number of nitriles is 1. The topological polar surface area (TPSA) is 52.8 Å². The molecular formula is C9H11BrN4. The Kier molecular flexibility index (Phi) is 4.33. The molecule has 0 unspecified atom stereocenters. The Labute approximate surface area is 91.7 Å². The molecular weight excluding hydrogens is 244 g/mol. The van der Waals surface area contributed by atoms with Crippen LogP contribution in [0.3, 0.4) is 0 Å². The summed E-state index contributed by atoms with van der Waals surface area (Å²) in [6, 6.07) is 2.11. The van der Waals surface area contributed by atoms with Gasteiger partial charge in [0.15, 0.2) is 0 Å². The summed E-state index contributed by atoms with van der Waals surface area (Å²) >= 11 is 3.27. The van der Waals surface area contributed by atoms with Gasteiger partial charge in [-0.15, -0.1) is 0 Å². The summed E-state index contributed by atoms with van der Waals surface area (Å²) in [4.78, 5) is 10.3. The second-order valence-corrected chi connectivity index (χ2v) is 3.60. The van der Waals surface area contributed by atoms with E-state index >= 15 is 0 Å². The summed E-state index contributed by atoms with van der Waals surface area (Å²) in [6.45, 7) is 3.50. The summed E-state index contributed by atoms with van der Waals surface area (Å²) < 4.78 is 0.859. The first-order valence-electron chi connectivity index (χ1n) is 4.37. The highest BCUT2D eigenvalue weighted by Crippen LogP contribution is 2.10. The van der Waals surface area contributed by atoms with E-state index in [-0.39, 0.29) is 0 Å². The van der Waals surface area contributed by atoms with Crippen LogP contribution in [-0.4, -0.2) is 23.1 Å². The van der Waals surface area contributed by atoms with Crippen molar-refractivity contribution in [3.05, 3.63) is 16.9 Å². The lowest BCUT2D eigenvalue weighted by molar-refractivity contribution is 0.789. The molecule has 0 amide bonds. The van der Waals surface area contributed by atoms with Crippen LogP contribution in [0.1, 0.15) is 13.3 Å². The Hall–Kier alpha value is -1.15. The highest BCUT2D eigenvalue weighted by atomic mass is 79.9. The third kappa shape index (κ3) is 2.96. The second kappa shape index (κ2) is 5.55. The van der Waals surface area contributed by atoms with Gasteiger partial charge in [-0.05, 0) is 22.9 Å². The summed E-state index contributed by atoms with van der Waals surface area (Å²) in [5.41, 5.74) is 0. The molecule has 5 heteroatoms. The molecule has 0 N–H and O–H groups in total. The van der Waals surface area contributed by atoms with Gasteiger partial charge < -0.3 is 4.90 Å². The third-order valence-electron chi connectivity index (χ3n) is 1.76. The van der Waals surface area contributed by atoms with E-state index in [1.807, 2.05) is 11.8 Å². The van der Waals surface area contributed by atoms with Gasteiger partial charge in [0.25, 0.3) is 0 Å². The van der Waals surface area contributed by atoms with Gasteiger partial charge in [0.1, 0.15) is 0 Å². The van der Waals surface area contributed by atoms with E-state index in [0.717, 1.165) is 11.0 Å². The first-order valence-corrected chi connectivity index (χ1v) is 5.16. The first-order chi connectivity index (χ1) is 6.77. The Morgan fingerprint density at radius 1 is 1.50 bits per heavy atom. The summed E-state index contributed by atoms with van der Waals surface area (Å²) in [6.07, 6.45) is 3.90. The van der Waals surface area contributed by atoms with Gasteiger partial charge in [0.05, 0.1) is 17.0 Å². The average Bonchev–Trinajstić information content (AvgIpc) is 2.21. The van der Waals surface area contributed by atoms with Crippen molar-refractivity contribution in [3.8, 4) is 6.07 Å². The fraction of sp³-hybridized carbons (Fsp3) is 0.444. The molecule has 0 bridgehead atoms. The van der Waals surface area contributed by atoms with Crippen LogP contribution in [0.2, 0.25) is 0 Å². The lowest BCUT2D eigenvalue weighted by Crippen LogP contribution is -2.25. The largest absolute Gasteiger partial charge is 0.340 e. The van der Waals surface area contributed by atoms with Gasteiger partial charge >= 0.3 is 0 Å².